The molecule has 0 saturated carbocycles. The molecule has 0 spiro atoms. The molecule has 0 N–H and O–H groups in total. The number of nitrogens with zero attached hydrogens (tertiary/aromatic N) is 2. The lowest BCUT2D eigenvalue weighted by Crippen LogP contribution is -2.01. The highest BCUT2D eigenvalue weighted by Gasteiger charge is 2.15. The van der Waals surface area contributed by atoms with Crippen molar-refractivity contribution in [2.75, 3.05) is 27.4 Å². The molecule has 7 nitrogen and oxygen atoms in total. The first kappa shape index (κ1) is 32.1. The van der Waals surface area contributed by atoms with Gasteiger partial charge in [0.25, 0.3) is 0 Å². The zero-order valence-corrected chi connectivity index (χ0v) is 28.4. The van der Waals surface area contributed by atoms with Crippen molar-refractivity contribution < 1.29 is 23.5 Å². The molecule has 4 aromatic carbocycles. The van der Waals surface area contributed by atoms with Crippen molar-refractivity contribution >= 4 is 21.6 Å². The van der Waals surface area contributed by atoms with Gasteiger partial charge in [-0.3, -0.25) is 0 Å². The molecular weight excluding hydrogens is 609 g/mol. The number of benzene rings is 4. The van der Waals surface area contributed by atoms with Gasteiger partial charge in [0.1, 0.15) is 22.2 Å². The number of thiazole rings is 1. The smallest absolute Gasteiger partial charge is 0.167 e. The van der Waals surface area contributed by atoms with Crippen molar-refractivity contribution in [3.05, 3.63) is 95.6 Å². The maximum Gasteiger partial charge on any atom is 0.167 e. The number of ether oxygens (including phenoxy) is 4. The van der Waals surface area contributed by atoms with Crippen molar-refractivity contribution in [3.8, 4) is 56.2 Å². The van der Waals surface area contributed by atoms with Gasteiger partial charge in [-0.25, -0.2) is 4.98 Å². The van der Waals surface area contributed by atoms with Crippen LogP contribution in [0.2, 0.25) is 0 Å². The van der Waals surface area contributed by atoms with Crippen LogP contribution in [0, 0.1) is 20.8 Å². The zero-order chi connectivity index (χ0) is 32.8. The van der Waals surface area contributed by atoms with E-state index >= 15 is 0 Å². The van der Waals surface area contributed by atoms with E-state index in [-0.39, 0.29) is 0 Å². The Morgan fingerprint density at radius 2 is 1.32 bits per heavy atom. The van der Waals surface area contributed by atoms with Crippen LogP contribution < -0.4 is 18.9 Å². The van der Waals surface area contributed by atoms with Crippen molar-refractivity contribution in [1.82, 2.24) is 10.1 Å². The maximum atomic E-state index is 6.16. The fourth-order valence-electron chi connectivity index (χ4n) is 5.54. The van der Waals surface area contributed by atoms with Crippen LogP contribution >= 0.6 is 11.3 Å². The molecule has 0 atom stereocenters. The lowest BCUT2D eigenvalue weighted by atomic mass is 10.0. The number of rotatable bonds is 14. The first-order valence-corrected chi connectivity index (χ1v) is 16.8. The largest absolute Gasteiger partial charge is 0.496 e. The molecule has 242 valence electrons. The number of hydrogen-bond acceptors (Lipinski definition) is 8. The van der Waals surface area contributed by atoms with Crippen LogP contribution in [0.3, 0.4) is 0 Å². The van der Waals surface area contributed by atoms with E-state index in [0.29, 0.717) is 30.5 Å². The van der Waals surface area contributed by atoms with Crippen molar-refractivity contribution in [1.29, 1.82) is 0 Å². The number of fused-ring (bicyclic) bond motifs is 1. The predicted octanol–water partition coefficient (Wildman–Crippen LogP) is 10.2. The number of aryl methyl sites for hydroxylation is 2. The van der Waals surface area contributed by atoms with Crippen LogP contribution in [-0.2, 0) is 0 Å². The van der Waals surface area contributed by atoms with E-state index in [0.717, 1.165) is 86.8 Å². The quantitative estimate of drug-likeness (QED) is 0.109. The summed E-state index contributed by atoms with van der Waals surface area (Å²) in [5.41, 5.74) is 8.11. The minimum absolute atomic E-state index is 0.594. The first-order chi connectivity index (χ1) is 22.9. The molecule has 0 bridgehead atoms. The molecule has 47 heavy (non-hydrogen) atoms. The van der Waals surface area contributed by atoms with E-state index in [4.69, 9.17) is 28.5 Å². The number of unbranched alkanes of at least 4 members (excludes halogenated alkanes) is 3. The average molecular weight is 649 g/mol. The summed E-state index contributed by atoms with van der Waals surface area (Å²) in [5.74, 6) is 3.79. The standard InChI is InChI=1S/C39H40N2O5S/c1-25-20-30(23-35(43-5)27(25)3)32-24-36(46-41-32)28-14-17-34(42-4)37(22-28)45-19-11-7-6-10-18-44-33-16-15-29(21-26(33)2)39-40-31-12-8-9-13-38(31)47-39/h8-9,12-17,20-24H,6-7,10-11,18-19H2,1-5H3. The van der Waals surface area contributed by atoms with Crippen molar-refractivity contribution in [3.63, 3.8) is 0 Å². The molecule has 8 heteroatoms. The molecule has 0 aliphatic rings. The van der Waals surface area contributed by atoms with E-state index in [1.807, 2.05) is 43.3 Å². The van der Waals surface area contributed by atoms with Crippen LogP contribution in [0.5, 0.6) is 23.0 Å². The number of methoxy groups -OCH3 is 2. The van der Waals surface area contributed by atoms with Crippen LogP contribution in [0.25, 0.3) is 43.4 Å². The zero-order valence-electron chi connectivity index (χ0n) is 27.6. The van der Waals surface area contributed by atoms with Crippen molar-refractivity contribution in [2.45, 2.75) is 46.5 Å². The molecule has 0 saturated heterocycles. The Hall–Kier alpha value is -4.82. The van der Waals surface area contributed by atoms with E-state index in [2.05, 4.69) is 61.5 Å². The van der Waals surface area contributed by atoms with Crippen LogP contribution in [0.4, 0.5) is 0 Å². The summed E-state index contributed by atoms with van der Waals surface area (Å²) < 4.78 is 30.3. The van der Waals surface area contributed by atoms with Gasteiger partial charge in [-0.1, -0.05) is 17.3 Å². The molecule has 6 aromatic rings. The van der Waals surface area contributed by atoms with Gasteiger partial charge in [-0.05, 0) is 124 Å². The fourth-order valence-corrected chi connectivity index (χ4v) is 6.50. The average Bonchev–Trinajstić information content (AvgIpc) is 3.76. The number of hydrogen-bond donors (Lipinski definition) is 0. The highest BCUT2D eigenvalue weighted by atomic mass is 32.1. The lowest BCUT2D eigenvalue weighted by molar-refractivity contribution is 0.276. The maximum absolute atomic E-state index is 6.16. The van der Waals surface area contributed by atoms with Crippen LogP contribution in [0.1, 0.15) is 42.4 Å². The molecular formula is C39H40N2O5S. The Morgan fingerprint density at radius 1 is 0.638 bits per heavy atom. The number of para-hydroxylation sites is 1. The van der Waals surface area contributed by atoms with Gasteiger partial charge in [0, 0.05) is 22.8 Å². The summed E-state index contributed by atoms with van der Waals surface area (Å²) in [6, 6.07) is 26.4. The van der Waals surface area contributed by atoms with Crippen LogP contribution in [0.15, 0.2) is 83.4 Å². The van der Waals surface area contributed by atoms with Crippen LogP contribution in [-0.4, -0.2) is 37.6 Å². The monoisotopic (exact) mass is 648 g/mol. The normalized spacial score (nSPS) is 11.2. The van der Waals surface area contributed by atoms with E-state index in [1.54, 1.807) is 25.6 Å². The van der Waals surface area contributed by atoms with Gasteiger partial charge in [-0.2, -0.15) is 0 Å². The lowest BCUT2D eigenvalue weighted by Gasteiger charge is -2.12. The van der Waals surface area contributed by atoms with Crippen molar-refractivity contribution in [2.24, 2.45) is 0 Å². The molecule has 0 fully saturated rings. The third-order valence-corrected chi connectivity index (χ3v) is 9.45. The summed E-state index contributed by atoms with van der Waals surface area (Å²) in [7, 11) is 3.33. The fraction of sp³-hybridized carbons (Fsp3) is 0.282. The summed E-state index contributed by atoms with van der Waals surface area (Å²) in [6.07, 6.45) is 4.03. The molecule has 6 rings (SSSR count). The highest BCUT2D eigenvalue weighted by Crippen LogP contribution is 2.36. The highest BCUT2D eigenvalue weighted by molar-refractivity contribution is 7.21. The summed E-state index contributed by atoms with van der Waals surface area (Å²) in [4.78, 5) is 4.78. The minimum Gasteiger partial charge on any atom is -0.496 e. The Morgan fingerprint density at radius 3 is 2.06 bits per heavy atom. The molecule has 0 radical (unpaired) electrons. The summed E-state index contributed by atoms with van der Waals surface area (Å²) in [6.45, 7) is 7.49. The second-order valence-electron chi connectivity index (χ2n) is 11.6. The number of aromatic nitrogens is 2. The molecule has 0 amide bonds. The Labute approximate surface area is 280 Å². The van der Waals surface area contributed by atoms with E-state index in [1.165, 1.54) is 4.70 Å². The van der Waals surface area contributed by atoms with Gasteiger partial charge in [0.05, 0.1) is 37.6 Å². The van der Waals surface area contributed by atoms with E-state index < -0.39 is 0 Å². The molecule has 2 heterocycles. The topological polar surface area (TPSA) is 75.8 Å². The van der Waals surface area contributed by atoms with Gasteiger partial charge in [-0.15, -0.1) is 11.3 Å². The summed E-state index contributed by atoms with van der Waals surface area (Å²) >= 11 is 1.72. The van der Waals surface area contributed by atoms with Gasteiger partial charge < -0.3 is 23.5 Å². The molecule has 0 unspecified atom stereocenters. The second-order valence-corrected chi connectivity index (χ2v) is 12.7. The predicted molar refractivity (Wildman–Crippen MR) is 189 cm³/mol. The summed E-state index contributed by atoms with van der Waals surface area (Å²) in [5, 5.41) is 5.36. The van der Waals surface area contributed by atoms with Gasteiger partial charge in [0.2, 0.25) is 0 Å². The van der Waals surface area contributed by atoms with Gasteiger partial charge in [0.15, 0.2) is 17.3 Å². The molecule has 0 aliphatic carbocycles. The van der Waals surface area contributed by atoms with E-state index in [9.17, 15) is 0 Å². The Bertz CT molecular complexity index is 1950. The molecule has 2 aromatic heterocycles. The third-order valence-electron chi connectivity index (χ3n) is 8.36. The third kappa shape index (κ3) is 7.44. The SMILES string of the molecule is COc1ccc(-c2cc(-c3cc(C)c(C)c(OC)c3)no2)cc1OCCCCCCOc1ccc(-c2nc3ccccc3s2)cc1C. The second kappa shape index (κ2) is 14.7. The van der Waals surface area contributed by atoms with Gasteiger partial charge >= 0.3 is 0 Å². The first-order valence-electron chi connectivity index (χ1n) is 16.0. The molecule has 0 aliphatic heterocycles. The minimum atomic E-state index is 0.594. The Kier molecular flexibility index (Phi) is 10.1. The Balaban J connectivity index is 0.966.